The summed E-state index contributed by atoms with van der Waals surface area (Å²) in [7, 11) is 0. The number of carbonyl (C=O) groups is 2. The van der Waals surface area contributed by atoms with Crippen LogP contribution in [0.5, 0.6) is 0 Å². The molecule has 39 heavy (non-hydrogen) atoms. The van der Waals surface area contributed by atoms with Crippen molar-refractivity contribution in [2.75, 3.05) is 11.9 Å². The third kappa shape index (κ3) is 4.79. The largest absolute Gasteiger partial charge is 0.416 e. The van der Waals surface area contributed by atoms with Gasteiger partial charge in [-0.05, 0) is 49.6 Å². The number of aromatic nitrogens is 1. The summed E-state index contributed by atoms with van der Waals surface area (Å²) in [4.78, 5) is 40.7. The zero-order valence-corrected chi connectivity index (χ0v) is 20.7. The predicted molar refractivity (Wildman–Crippen MR) is 139 cm³/mol. The molecular weight excluding hydrogens is 511 g/mol. The lowest BCUT2D eigenvalue weighted by molar-refractivity contribution is -0.750. The number of hydrogen-bond acceptors (Lipinski definition) is 6. The molecule has 0 bridgehead atoms. The van der Waals surface area contributed by atoms with E-state index in [1.165, 1.54) is 18.3 Å². The number of hydrogen-bond donors (Lipinski definition) is 2. The Balaban J connectivity index is 1.54. The summed E-state index contributed by atoms with van der Waals surface area (Å²) in [6.45, 7) is 4.16. The Kier molecular flexibility index (Phi) is 6.74. The third-order valence-corrected chi connectivity index (χ3v) is 6.84. The summed E-state index contributed by atoms with van der Waals surface area (Å²) in [5.41, 5.74) is 0.684. The van der Waals surface area contributed by atoms with Crippen LogP contribution >= 0.6 is 0 Å². The number of rotatable bonds is 5. The van der Waals surface area contributed by atoms with Crippen LogP contribution in [0.3, 0.4) is 0 Å². The maximum atomic E-state index is 13.3. The second-order valence-electron chi connectivity index (χ2n) is 9.23. The number of alkyl halides is 3. The van der Waals surface area contributed by atoms with E-state index in [9.17, 15) is 22.8 Å². The van der Waals surface area contributed by atoms with Crippen molar-refractivity contribution in [3.8, 4) is 0 Å². The molecule has 3 aliphatic heterocycles. The molecule has 1 aromatic heterocycles. The van der Waals surface area contributed by atoms with Crippen LogP contribution in [0, 0.1) is 0 Å². The summed E-state index contributed by atoms with van der Waals surface area (Å²) < 4.78 is 39.1. The molecule has 4 heterocycles. The molecular formula is C27H25F3N7O2+. The van der Waals surface area contributed by atoms with Gasteiger partial charge in [-0.3, -0.25) is 14.6 Å². The van der Waals surface area contributed by atoms with Crippen molar-refractivity contribution in [2.24, 2.45) is 15.8 Å². The number of allylic oxidation sites excluding steroid dienone is 1. The highest BCUT2D eigenvalue weighted by atomic mass is 19.4. The smallest absolute Gasteiger partial charge is 0.330 e. The molecule has 2 aromatic rings. The number of nitrogens with zero attached hydrogens (tertiary/aromatic N) is 5. The molecule has 12 heteroatoms. The monoisotopic (exact) mass is 536 g/mol. The number of nitrogens with two attached hydrogens (primary N) is 1. The number of halogens is 3. The molecule has 0 aliphatic carbocycles. The minimum absolute atomic E-state index is 0.137. The van der Waals surface area contributed by atoms with Crippen LogP contribution in [0.25, 0.3) is 0 Å². The molecule has 2 amide bonds. The third-order valence-electron chi connectivity index (χ3n) is 6.84. The molecule has 2 unspecified atom stereocenters. The number of carbonyl (C=O) groups excluding carboxylic acids is 2. The second kappa shape index (κ2) is 10.0. The lowest BCUT2D eigenvalue weighted by atomic mass is 9.98. The minimum atomic E-state index is -4.59. The average Bonchev–Trinajstić information content (AvgIpc) is 3.25. The molecule has 2 atom stereocenters. The fourth-order valence-electron chi connectivity index (χ4n) is 4.96. The molecule has 1 saturated heterocycles. The maximum Gasteiger partial charge on any atom is 0.416 e. The Morgan fingerprint density at radius 1 is 1.21 bits per heavy atom. The van der Waals surface area contributed by atoms with E-state index < -0.39 is 22.2 Å². The van der Waals surface area contributed by atoms with Gasteiger partial charge in [0.2, 0.25) is 11.6 Å². The highest BCUT2D eigenvalue weighted by Gasteiger charge is 2.48. The maximum absolute atomic E-state index is 13.3. The fourth-order valence-corrected chi connectivity index (χ4v) is 4.96. The number of quaternary nitrogens is 1. The highest BCUT2D eigenvalue weighted by Crippen LogP contribution is 2.37. The number of anilines is 1. The van der Waals surface area contributed by atoms with Crippen molar-refractivity contribution in [2.45, 2.75) is 31.5 Å². The van der Waals surface area contributed by atoms with Gasteiger partial charge in [0.05, 0.1) is 35.1 Å². The van der Waals surface area contributed by atoms with E-state index >= 15 is 0 Å². The summed E-state index contributed by atoms with van der Waals surface area (Å²) in [6, 6.07) is 7.74. The van der Waals surface area contributed by atoms with Gasteiger partial charge in [-0.25, -0.2) is 4.98 Å². The van der Waals surface area contributed by atoms with E-state index in [0.29, 0.717) is 35.8 Å². The molecule has 1 fully saturated rings. The molecule has 0 saturated carbocycles. The molecule has 200 valence electrons. The van der Waals surface area contributed by atoms with Crippen molar-refractivity contribution in [1.82, 2.24) is 9.88 Å². The van der Waals surface area contributed by atoms with Gasteiger partial charge < -0.3 is 10.2 Å². The number of amidine groups is 1. The number of benzene rings is 1. The van der Waals surface area contributed by atoms with E-state index in [0.717, 1.165) is 31.2 Å². The van der Waals surface area contributed by atoms with Gasteiger partial charge in [0, 0.05) is 12.7 Å². The highest BCUT2D eigenvalue weighted by molar-refractivity contribution is 6.13. The van der Waals surface area contributed by atoms with E-state index in [-0.39, 0.29) is 23.3 Å². The van der Waals surface area contributed by atoms with Gasteiger partial charge in [-0.1, -0.05) is 18.7 Å². The standard InChI is InChI=1S/C27H24F3N7O2/c1-2-23(38)36-13-6-5-9-20(36)24-21-16-32-12-14-37(21,31)25(35-24)18-7-3-4-8-19(18)26(39)34-22-15-17(10-11-33-22)27(28,29)30/h2-4,7-8,10-12,14-16,20H,1,5-6,9,13,31H2/p+1. The van der Waals surface area contributed by atoms with Crippen LogP contribution in [-0.2, 0) is 11.0 Å². The van der Waals surface area contributed by atoms with Crippen LogP contribution in [-0.4, -0.2) is 50.9 Å². The number of fused-ring (bicyclic) bond motifs is 1. The van der Waals surface area contributed by atoms with Crippen molar-refractivity contribution in [1.29, 1.82) is 0 Å². The number of amides is 2. The van der Waals surface area contributed by atoms with E-state index in [4.69, 9.17) is 10.8 Å². The first-order valence-electron chi connectivity index (χ1n) is 12.2. The lowest BCUT2D eigenvalue weighted by Gasteiger charge is -2.35. The SMILES string of the molecule is C=CC(=O)N1CCCCC1C1=C2C=NC=C[N+]2(N)C(c2ccccc2C(=O)Nc2cc(C(F)(F)F)ccn2)=N1. The Morgan fingerprint density at radius 3 is 2.77 bits per heavy atom. The van der Waals surface area contributed by atoms with Gasteiger partial charge >= 0.3 is 6.18 Å². The number of aliphatic imine (C=N–C) groups is 2. The predicted octanol–water partition coefficient (Wildman–Crippen LogP) is 4.14. The van der Waals surface area contributed by atoms with Crippen molar-refractivity contribution in [3.05, 3.63) is 95.7 Å². The Morgan fingerprint density at radius 2 is 2.00 bits per heavy atom. The molecule has 1 aromatic carbocycles. The summed E-state index contributed by atoms with van der Waals surface area (Å²) in [5, 5.41) is 2.45. The average molecular weight is 537 g/mol. The van der Waals surface area contributed by atoms with Gasteiger partial charge in [0.25, 0.3) is 11.7 Å². The van der Waals surface area contributed by atoms with Gasteiger partial charge in [-0.15, -0.1) is 4.59 Å². The fraction of sp³-hybridized carbons (Fsp3) is 0.222. The molecule has 3 N–H and O–H groups in total. The van der Waals surface area contributed by atoms with Crippen LogP contribution in [0.4, 0.5) is 19.0 Å². The first-order valence-corrected chi connectivity index (χ1v) is 12.2. The van der Waals surface area contributed by atoms with Crippen LogP contribution < -0.4 is 11.2 Å². The van der Waals surface area contributed by atoms with Gasteiger partial charge in [0.1, 0.15) is 17.7 Å². The van der Waals surface area contributed by atoms with E-state index in [1.807, 2.05) is 0 Å². The van der Waals surface area contributed by atoms with Crippen molar-refractivity contribution < 1.29 is 27.4 Å². The minimum Gasteiger partial charge on any atom is -0.330 e. The first-order chi connectivity index (χ1) is 18.6. The zero-order valence-electron chi connectivity index (χ0n) is 20.7. The Labute approximate surface area is 222 Å². The Bertz CT molecular complexity index is 1480. The number of nitrogens with one attached hydrogen (secondary N) is 1. The van der Waals surface area contributed by atoms with E-state index in [1.54, 1.807) is 35.5 Å². The lowest BCUT2D eigenvalue weighted by Crippen LogP contribution is -2.53. The molecule has 9 nitrogen and oxygen atoms in total. The number of likely N-dealkylation sites (tertiary alicyclic amines) is 1. The van der Waals surface area contributed by atoms with Crippen LogP contribution in [0.2, 0.25) is 0 Å². The topological polar surface area (TPSA) is 113 Å². The molecule has 3 aliphatic rings. The normalized spacial score (nSPS) is 22.4. The molecule has 5 rings (SSSR count). The summed E-state index contributed by atoms with van der Waals surface area (Å²) >= 11 is 0. The van der Waals surface area contributed by atoms with Gasteiger partial charge in [0.15, 0.2) is 0 Å². The quantitative estimate of drug-likeness (QED) is 0.340. The van der Waals surface area contributed by atoms with Crippen molar-refractivity contribution >= 4 is 29.7 Å². The van der Waals surface area contributed by atoms with Crippen molar-refractivity contribution in [3.63, 3.8) is 0 Å². The van der Waals surface area contributed by atoms with Crippen LogP contribution in [0.1, 0.15) is 40.7 Å². The van der Waals surface area contributed by atoms with Gasteiger partial charge in [-0.2, -0.15) is 24.0 Å². The summed E-state index contributed by atoms with van der Waals surface area (Å²) in [6.07, 6.45) is 4.78. The first kappa shape index (κ1) is 26.2. The van der Waals surface area contributed by atoms with E-state index in [2.05, 4.69) is 21.9 Å². The molecule has 0 spiro atoms. The number of pyridine rings is 1. The Hall–Kier alpha value is -4.42. The molecule has 0 radical (unpaired) electrons. The second-order valence-corrected chi connectivity index (χ2v) is 9.23. The van der Waals surface area contributed by atoms with Crippen LogP contribution in [0.15, 0.2) is 89.0 Å². The number of piperidine rings is 1. The zero-order chi connectivity index (χ0) is 27.8. The summed E-state index contributed by atoms with van der Waals surface area (Å²) in [5.74, 6) is 6.01.